The van der Waals surface area contributed by atoms with Gasteiger partial charge in [-0.15, -0.1) is 0 Å². The number of methoxy groups -OCH3 is 2. The fraction of sp³-hybridized carbons (Fsp3) is 0.400. The average molecular weight is 275 g/mol. The van der Waals surface area contributed by atoms with Gasteiger partial charge in [0, 0.05) is 5.56 Å². The van der Waals surface area contributed by atoms with E-state index in [2.05, 4.69) is 22.2 Å². The molecule has 0 spiro atoms. The molecule has 0 bridgehead atoms. The zero-order valence-corrected chi connectivity index (χ0v) is 12.2. The van der Waals surface area contributed by atoms with Crippen molar-refractivity contribution in [3.8, 4) is 22.8 Å². The molecule has 108 valence electrons. The molecule has 0 aliphatic carbocycles. The normalized spacial score (nSPS) is 10.6. The lowest BCUT2D eigenvalue weighted by molar-refractivity contribution is 0.355. The molecule has 2 N–H and O–H groups in total. The van der Waals surface area contributed by atoms with E-state index in [0.717, 1.165) is 42.3 Å². The molecule has 1 aromatic heterocycles. The van der Waals surface area contributed by atoms with Gasteiger partial charge in [-0.25, -0.2) is 4.98 Å². The van der Waals surface area contributed by atoms with Crippen LogP contribution in [0.5, 0.6) is 11.5 Å². The summed E-state index contributed by atoms with van der Waals surface area (Å²) in [6.07, 6.45) is 2.95. The molecule has 0 unspecified atom stereocenters. The van der Waals surface area contributed by atoms with Gasteiger partial charge in [0.05, 0.1) is 32.7 Å². The Morgan fingerprint density at radius 1 is 1.20 bits per heavy atom. The lowest BCUT2D eigenvalue weighted by Gasteiger charge is -2.08. The van der Waals surface area contributed by atoms with Gasteiger partial charge in [-0.1, -0.05) is 6.92 Å². The summed E-state index contributed by atoms with van der Waals surface area (Å²) in [4.78, 5) is 7.68. The molecule has 20 heavy (non-hydrogen) atoms. The second kappa shape index (κ2) is 6.96. The topological polar surface area (TPSA) is 59.2 Å². The molecule has 0 fully saturated rings. The summed E-state index contributed by atoms with van der Waals surface area (Å²) in [6.45, 7) is 3.89. The van der Waals surface area contributed by atoms with Crippen LogP contribution in [-0.4, -0.2) is 30.7 Å². The SMILES string of the molecule is CCCNCc1ncc(-c2ccc(OC)c(OC)c2)[nH]1. The van der Waals surface area contributed by atoms with Crippen LogP contribution in [0.15, 0.2) is 24.4 Å². The Balaban J connectivity index is 2.15. The van der Waals surface area contributed by atoms with Gasteiger partial charge in [-0.2, -0.15) is 0 Å². The summed E-state index contributed by atoms with van der Waals surface area (Å²) in [5.74, 6) is 2.37. The fourth-order valence-electron chi connectivity index (χ4n) is 1.99. The minimum absolute atomic E-state index is 0.713. The first kappa shape index (κ1) is 14.4. The van der Waals surface area contributed by atoms with Crippen molar-refractivity contribution in [3.05, 3.63) is 30.2 Å². The number of ether oxygens (including phenoxy) is 2. The first-order valence-electron chi connectivity index (χ1n) is 6.75. The van der Waals surface area contributed by atoms with Crippen molar-refractivity contribution >= 4 is 0 Å². The first-order valence-corrected chi connectivity index (χ1v) is 6.75. The van der Waals surface area contributed by atoms with E-state index in [0.29, 0.717) is 5.75 Å². The minimum atomic E-state index is 0.713. The maximum absolute atomic E-state index is 5.31. The van der Waals surface area contributed by atoms with Crippen LogP contribution in [-0.2, 0) is 6.54 Å². The molecule has 2 rings (SSSR count). The van der Waals surface area contributed by atoms with E-state index >= 15 is 0 Å². The van der Waals surface area contributed by atoms with E-state index in [-0.39, 0.29) is 0 Å². The number of H-pyrrole nitrogens is 1. The van der Waals surface area contributed by atoms with Crippen molar-refractivity contribution in [2.75, 3.05) is 20.8 Å². The van der Waals surface area contributed by atoms with Crippen LogP contribution in [0.25, 0.3) is 11.3 Å². The Morgan fingerprint density at radius 2 is 2.00 bits per heavy atom. The molecule has 1 heterocycles. The quantitative estimate of drug-likeness (QED) is 0.763. The van der Waals surface area contributed by atoms with Gasteiger partial charge in [0.15, 0.2) is 11.5 Å². The summed E-state index contributed by atoms with van der Waals surface area (Å²) in [7, 11) is 3.26. The molecule has 5 heteroatoms. The number of aromatic amines is 1. The van der Waals surface area contributed by atoms with Crippen LogP contribution < -0.4 is 14.8 Å². The molecule has 2 aromatic rings. The first-order chi connectivity index (χ1) is 9.78. The van der Waals surface area contributed by atoms with Crippen LogP contribution in [0.2, 0.25) is 0 Å². The van der Waals surface area contributed by atoms with Crippen molar-refractivity contribution < 1.29 is 9.47 Å². The second-order valence-electron chi connectivity index (χ2n) is 4.49. The number of hydrogen-bond donors (Lipinski definition) is 2. The minimum Gasteiger partial charge on any atom is -0.493 e. The van der Waals surface area contributed by atoms with Crippen molar-refractivity contribution in [1.29, 1.82) is 0 Å². The van der Waals surface area contributed by atoms with Crippen LogP contribution in [0.1, 0.15) is 19.2 Å². The summed E-state index contributed by atoms with van der Waals surface area (Å²) >= 11 is 0. The maximum atomic E-state index is 5.31. The number of aromatic nitrogens is 2. The molecule has 0 aliphatic heterocycles. The molecule has 0 atom stereocenters. The number of benzene rings is 1. The second-order valence-corrected chi connectivity index (χ2v) is 4.49. The Morgan fingerprint density at radius 3 is 2.70 bits per heavy atom. The van der Waals surface area contributed by atoms with E-state index in [1.54, 1.807) is 14.2 Å². The third-order valence-electron chi connectivity index (χ3n) is 3.04. The highest BCUT2D eigenvalue weighted by Crippen LogP contribution is 2.31. The maximum Gasteiger partial charge on any atom is 0.161 e. The predicted molar refractivity (Wildman–Crippen MR) is 79.1 cm³/mol. The summed E-state index contributed by atoms with van der Waals surface area (Å²) < 4.78 is 10.5. The number of nitrogens with one attached hydrogen (secondary N) is 2. The smallest absolute Gasteiger partial charge is 0.161 e. The third-order valence-corrected chi connectivity index (χ3v) is 3.04. The highest BCUT2D eigenvalue weighted by Gasteiger charge is 2.08. The number of hydrogen-bond acceptors (Lipinski definition) is 4. The summed E-state index contributed by atoms with van der Waals surface area (Å²) in [5, 5.41) is 3.32. The lowest BCUT2D eigenvalue weighted by Crippen LogP contribution is -2.14. The van der Waals surface area contributed by atoms with Gasteiger partial charge in [0.2, 0.25) is 0 Å². The van der Waals surface area contributed by atoms with Crippen LogP contribution in [0.3, 0.4) is 0 Å². The molecule has 1 aromatic carbocycles. The van der Waals surface area contributed by atoms with Gasteiger partial charge in [0.25, 0.3) is 0 Å². The average Bonchev–Trinajstić information content (AvgIpc) is 2.95. The zero-order valence-electron chi connectivity index (χ0n) is 12.2. The van der Waals surface area contributed by atoms with Crippen LogP contribution in [0, 0.1) is 0 Å². The van der Waals surface area contributed by atoms with Crippen molar-refractivity contribution in [3.63, 3.8) is 0 Å². The Labute approximate surface area is 119 Å². The van der Waals surface area contributed by atoms with Crippen molar-refractivity contribution in [2.45, 2.75) is 19.9 Å². The monoisotopic (exact) mass is 275 g/mol. The molecular formula is C15H21N3O2. The Bertz CT molecular complexity index is 552. The van der Waals surface area contributed by atoms with Crippen molar-refractivity contribution in [1.82, 2.24) is 15.3 Å². The summed E-state index contributed by atoms with van der Waals surface area (Å²) in [6, 6.07) is 5.82. The van der Waals surface area contributed by atoms with Gasteiger partial charge in [-0.05, 0) is 31.2 Å². The molecule has 0 aliphatic rings. The van der Waals surface area contributed by atoms with Gasteiger partial charge < -0.3 is 19.8 Å². The molecule has 5 nitrogen and oxygen atoms in total. The van der Waals surface area contributed by atoms with E-state index < -0.39 is 0 Å². The fourth-order valence-corrected chi connectivity index (χ4v) is 1.99. The molecular weight excluding hydrogens is 254 g/mol. The number of imidazole rings is 1. The highest BCUT2D eigenvalue weighted by atomic mass is 16.5. The molecule has 0 radical (unpaired) electrons. The number of rotatable bonds is 7. The van der Waals surface area contributed by atoms with E-state index in [1.165, 1.54) is 0 Å². The van der Waals surface area contributed by atoms with E-state index in [4.69, 9.17) is 9.47 Å². The largest absolute Gasteiger partial charge is 0.493 e. The molecule has 0 saturated heterocycles. The Kier molecular flexibility index (Phi) is 5.01. The third kappa shape index (κ3) is 3.30. The van der Waals surface area contributed by atoms with Crippen LogP contribution >= 0.6 is 0 Å². The number of nitrogens with zero attached hydrogens (tertiary/aromatic N) is 1. The van der Waals surface area contributed by atoms with Gasteiger partial charge >= 0.3 is 0 Å². The standard InChI is InChI=1S/C15H21N3O2/c1-4-7-16-10-15-17-9-12(18-15)11-5-6-13(19-2)14(8-11)20-3/h5-6,8-9,16H,4,7,10H2,1-3H3,(H,17,18). The highest BCUT2D eigenvalue weighted by molar-refractivity contribution is 5.63. The predicted octanol–water partition coefficient (Wildman–Crippen LogP) is 2.59. The Hall–Kier alpha value is -2.01. The molecule has 0 saturated carbocycles. The molecule has 0 amide bonds. The van der Waals surface area contributed by atoms with Crippen LogP contribution in [0.4, 0.5) is 0 Å². The van der Waals surface area contributed by atoms with Gasteiger partial charge in [-0.3, -0.25) is 0 Å². The van der Waals surface area contributed by atoms with Crippen molar-refractivity contribution in [2.24, 2.45) is 0 Å². The lowest BCUT2D eigenvalue weighted by atomic mass is 10.1. The van der Waals surface area contributed by atoms with E-state index in [1.807, 2.05) is 24.4 Å². The summed E-state index contributed by atoms with van der Waals surface area (Å²) in [5.41, 5.74) is 2.00. The van der Waals surface area contributed by atoms with E-state index in [9.17, 15) is 0 Å². The zero-order chi connectivity index (χ0) is 14.4. The van der Waals surface area contributed by atoms with Gasteiger partial charge in [0.1, 0.15) is 5.82 Å².